The Morgan fingerprint density at radius 3 is 2.23 bits per heavy atom. The quantitative estimate of drug-likeness (QED) is 0.613. The highest BCUT2D eigenvalue weighted by molar-refractivity contribution is 5.81. The van der Waals surface area contributed by atoms with Crippen LogP contribution >= 0.6 is 0 Å². The second-order valence-corrected chi connectivity index (χ2v) is 4.85. The Morgan fingerprint density at radius 2 is 1.85 bits per heavy atom. The summed E-state index contributed by atoms with van der Waals surface area (Å²) in [5.41, 5.74) is 0.194. The second kappa shape index (κ2) is 5.41. The average molecular weight is 184 g/mol. The Kier molecular flexibility index (Phi) is 5.27. The zero-order chi connectivity index (χ0) is 10.5. The lowest BCUT2D eigenvalue weighted by Crippen LogP contribution is -2.20. The Labute approximate surface area is 82.9 Å². The van der Waals surface area contributed by atoms with Crippen LogP contribution in [0.5, 0.6) is 0 Å². The lowest BCUT2D eigenvalue weighted by molar-refractivity contribution is -0.124. The first kappa shape index (κ1) is 12.7. The van der Waals surface area contributed by atoms with Crippen molar-refractivity contribution in [2.75, 3.05) is 0 Å². The number of carbonyl (C=O) groups is 1. The highest BCUT2D eigenvalue weighted by Crippen LogP contribution is 2.27. The van der Waals surface area contributed by atoms with E-state index in [0.717, 1.165) is 25.7 Å². The van der Waals surface area contributed by atoms with Gasteiger partial charge in [-0.2, -0.15) is 0 Å². The molecule has 0 heterocycles. The Bertz CT molecular complexity index is 159. The third kappa shape index (κ3) is 5.07. The molecule has 1 atom stereocenters. The van der Waals surface area contributed by atoms with Crippen LogP contribution in [0.15, 0.2) is 0 Å². The summed E-state index contributed by atoms with van der Waals surface area (Å²) in [6.45, 7) is 10.7. The molecule has 13 heavy (non-hydrogen) atoms. The molecule has 1 heteroatoms. The molecule has 78 valence electrons. The van der Waals surface area contributed by atoms with Crippen LogP contribution in [-0.4, -0.2) is 5.78 Å². The van der Waals surface area contributed by atoms with E-state index in [1.54, 1.807) is 0 Å². The van der Waals surface area contributed by atoms with Gasteiger partial charge in [0.2, 0.25) is 0 Å². The minimum absolute atomic E-state index is 0.194. The molecule has 0 aliphatic rings. The third-order valence-corrected chi connectivity index (χ3v) is 2.88. The molecule has 0 rings (SSSR count). The molecule has 0 aromatic carbocycles. The van der Waals surface area contributed by atoms with Gasteiger partial charge in [-0.15, -0.1) is 0 Å². The van der Waals surface area contributed by atoms with E-state index < -0.39 is 0 Å². The van der Waals surface area contributed by atoms with Gasteiger partial charge in [0.05, 0.1) is 0 Å². The summed E-state index contributed by atoms with van der Waals surface area (Å²) in [6, 6.07) is 0. The van der Waals surface area contributed by atoms with Gasteiger partial charge in [0.1, 0.15) is 5.78 Å². The van der Waals surface area contributed by atoms with Crippen molar-refractivity contribution in [1.29, 1.82) is 0 Å². The van der Waals surface area contributed by atoms with Crippen LogP contribution in [-0.2, 0) is 4.79 Å². The van der Waals surface area contributed by atoms with Gasteiger partial charge in [0.15, 0.2) is 0 Å². The molecule has 0 saturated heterocycles. The fourth-order valence-electron chi connectivity index (χ4n) is 1.36. The summed E-state index contributed by atoms with van der Waals surface area (Å²) in [7, 11) is 0. The van der Waals surface area contributed by atoms with Crippen LogP contribution < -0.4 is 0 Å². The SMILES string of the molecule is CCCC(C)C(=O)CC(C)(C)CC. The van der Waals surface area contributed by atoms with Gasteiger partial charge in [-0.05, 0) is 11.8 Å². The number of hydrogen-bond acceptors (Lipinski definition) is 1. The normalized spacial score (nSPS) is 14.2. The highest BCUT2D eigenvalue weighted by atomic mass is 16.1. The summed E-state index contributed by atoms with van der Waals surface area (Å²) in [6.07, 6.45) is 3.97. The summed E-state index contributed by atoms with van der Waals surface area (Å²) in [4.78, 5) is 11.7. The Balaban J connectivity index is 3.99. The summed E-state index contributed by atoms with van der Waals surface area (Å²) < 4.78 is 0. The molecular formula is C12H24O. The van der Waals surface area contributed by atoms with Gasteiger partial charge in [-0.1, -0.05) is 47.5 Å². The maximum Gasteiger partial charge on any atom is 0.136 e. The van der Waals surface area contributed by atoms with Crippen molar-refractivity contribution in [3.05, 3.63) is 0 Å². The summed E-state index contributed by atoms with van der Waals surface area (Å²) in [5, 5.41) is 0. The zero-order valence-electron chi connectivity index (χ0n) is 9.81. The molecule has 0 aliphatic heterocycles. The van der Waals surface area contributed by atoms with Crippen molar-refractivity contribution in [1.82, 2.24) is 0 Å². The van der Waals surface area contributed by atoms with Crippen molar-refractivity contribution < 1.29 is 4.79 Å². The first-order valence-electron chi connectivity index (χ1n) is 5.45. The van der Waals surface area contributed by atoms with Gasteiger partial charge in [-0.25, -0.2) is 0 Å². The molecule has 1 unspecified atom stereocenters. The van der Waals surface area contributed by atoms with Crippen LogP contribution in [0.25, 0.3) is 0 Å². The minimum atomic E-state index is 0.194. The van der Waals surface area contributed by atoms with E-state index in [0.29, 0.717) is 5.78 Å². The first-order chi connectivity index (χ1) is 5.93. The van der Waals surface area contributed by atoms with E-state index in [9.17, 15) is 4.79 Å². The predicted octanol–water partition coefficient (Wildman–Crippen LogP) is 3.82. The van der Waals surface area contributed by atoms with Crippen LogP contribution in [0.3, 0.4) is 0 Å². The van der Waals surface area contributed by atoms with Crippen LogP contribution in [0.2, 0.25) is 0 Å². The van der Waals surface area contributed by atoms with Crippen molar-refractivity contribution in [3.8, 4) is 0 Å². The Hall–Kier alpha value is -0.330. The van der Waals surface area contributed by atoms with Crippen molar-refractivity contribution in [3.63, 3.8) is 0 Å². The second-order valence-electron chi connectivity index (χ2n) is 4.85. The number of Topliss-reactive ketones (excluding diaryl/α,β-unsaturated/α-hetero) is 1. The van der Waals surface area contributed by atoms with E-state index in [4.69, 9.17) is 0 Å². The fraction of sp³-hybridized carbons (Fsp3) is 0.917. The Morgan fingerprint density at radius 1 is 1.31 bits per heavy atom. The van der Waals surface area contributed by atoms with E-state index >= 15 is 0 Å². The standard InChI is InChI=1S/C12H24O/c1-6-8-10(3)11(13)9-12(4,5)7-2/h10H,6-9H2,1-5H3. The molecular weight excluding hydrogens is 160 g/mol. The van der Waals surface area contributed by atoms with Gasteiger partial charge < -0.3 is 0 Å². The summed E-state index contributed by atoms with van der Waals surface area (Å²) >= 11 is 0. The average Bonchev–Trinajstić information content (AvgIpc) is 2.04. The van der Waals surface area contributed by atoms with Crippen LogP contribution in [0.1, 0.15) is 60.3 Å². The van der Waals surface area contributed by atoms with Crippen molar-refractivity contribution in [2.45, 2.75) is 60.3 Å². The van der Waals surface area contributed by atoms with E-state index in [1.807, 2.05) is 0 Å². The van der Waals surface area contributed by atoms with Gasteiger partial charge in [0.25, 0.3) is 0 Å². The van der Waals surface area contributed by atoms with E-state index in [1.165, 1.54) is 0 Å². The topological polar surface area (TPSA) is 17.1 Å². The maximum atomic E-state index is 11.7. The highest BCUT2D eigenvalue weighted by Gasteiger charge is 2.22. The molecule has 0 radical (unpaired) electrons. The molecule has 0 saturated carbocycles. The number of ketones is 1. The molecule has 0 fully saturated rings. The number of carbonyl (C=O) groups excluding carboxylic acids is 1. The summed E-state index contributed by atoms with van der Waals surface area (Å²) in [5.74, 6) is 0.699. The lowest BCUT2D eigenvalue weighted by atomic mass is 9.81. The number of rotatable bonds is 6. The fourth-order valence-corrected chi connectivity index (χ4v) is 1.36. The minimum Gasteiger partial charge on any atom is -0.299 e. The van der Waals surface area contributed by atoms with E-state index in [-0.39, 0.29) is 11.3 Å². The monoisotopic (exact) mass is 184 g/mol. The van der Waals surface area contributed by atoms with Gasteiger partial charge in [-0.3, -0.25) is 4.79 Å². The van der Waals surface area contributed by atoms with E-state index in [2.05, 4.69) is 34.6 Å². The molecule has 0 bridgehead atoms. The van der Waals surface area contributed by atoms with Gasteiger partial charge in [0, 0.05) is 12.3 Å². The van der Waals surface area contributed by atoms with Crippen LogP contribution in [0, 0.1) is 11.3 Å². The zero-order valence-corrected chi connectivity index (χ0v) is 9.81. The smallest absolute Gasteiger partial charge is 0.136 e. The van der Waals surface area contributed by atoms with Crippen molar-refractivity contribution in [2.24, 2.45) is 11.3 Å². The molecule has 0 spiro atoms. The molecule has 0 aliphatic carbocycles. The molecule has 0 N–H and O–H groups in total. The van der Waals surface area contributed by atoms with Crippen LogP contribution in [0.4, 0.5) is 0 Å². The molecule has 0 aromatic rings. The maximum absolute atomic E-state index is 11.7. The largest absolute Gasteiger partial charge is 0.299 e. The van der Waals surface area contributed by atoms with Gasteiger partial charge >= 0.3 is 0 Å². The lowest BCUT2D eigenvalue weighted by Gasteiger charge is -2.23. The van der Waals surface area contributed by atoms with Crippen molar-refractivity contribution >= 4 is 5.78 Å². The third-order valence-electron chi connectivity index (χ3n) is 2.88. The first-order valence-corrected chi connectivity index (χ1v) is 5.45. The molecule has 0 aromatic heterocycles. The number of hydrogen-bond donors (Lipinski definition) is 0. The molecule has 1 nitrogen and oxygen atoms in total. The molecule has 0 amide bonds. The predicted molar refractivity (Wildman–Crippen MR) is 57.8 cm³/mol.